The van der Waals surface area contributed by atoms with Crippen LogP contribution in [0.15, 0.2) is 23.4 Å². The van der Waals surface area contributed by atoms with Crippen molar-refractivity contribution in [1.82, 2.24) is 34.8 Å². The van der Waals surface area contributed by atoms with Gasteiger partial charge in [0.1, 0.15) is 0 Å². The van der Waals surface area contributed by atoms with Gasteiger partial charge in [-0.05, 0) is 19.4 Å². The molecule has 0 radical (unpaired) electrons. The summed E-state index contributed by atoms with van der Waals surface area (Å²) in [5, 5.41) is 11.3. The van der Waals surface area contributed by atoms with Crippen molar-refractivity contribution in [3.8, 4) is 0 Å². The molecule has 5 heterocycles. The Labute approximate surface area is 202 Å². The fourth-order valence-electron chi connectivity index (χ4n) is 4.45. The average molecular weight is 483 g/mol. The Kier molecular flexibility index (Phi) is 6.73. The SMILES string of the molecule is Cc1nn(C(C)COCCC(=O)N2CCN(c3ncc(C4COC4)cn3)CC2)c2cn[nH]c(=O)c12. The summed E-state index contributed by atoms with van der Waals surface area (Å²) in [6, 6.07) is -0.100. The summed E-state index contributed by atoms with van der Waals surface area (Å²) >= 11 is 0. The second-order valence-electron chi connectivity index (χ2n) is 9.08. The predicted octanol–water partition coefficient (Wildman–Crippen LogP) is 0.648. The number of fused-ring (bicyclic) bond motifs is 1. The molecule has 2 aliphatic heterocycles. The molecule has 2 fully saturated rings. The number of aromatic amines is 1. The van der Waals surface area contributed by atoms with Crippen LogP contribution in [0.25, 0.3) is 10.9 Å². The van der Waals surface area contributed by atoms with Crippen LogP contribution in [0.3, 0.4) is 0 Å². The van der Waals surface area contributed by atoms with Gasteiger partial charge in [-0.15, -0.1) is 0 Å². The van der Waals surface area contributed by atoms with Gasteiger partial charge in [0, 0.05) is 44.5 Å². The van der Waals surface area contributed by atoms with Crippen LogP contribution in [-0.4, -0.2) is 93.4 Å². The number of carbonyl (C=O) groups is 1. The number of ether oxygens (including phenoxy) is 2. The molecule has 1 unspecified atom stereocenters. The minimum atomic E-state index is -0.252. The van der Waals surface area contributed by atoms with Crippen LogP contribution < -0.4 is 10.5 Å². The smallest absolute Gasteiger partial charge is 0.275 e. The zero-order valence-electron chi connectivity index (χ0n) is 20.0. The number of rotatable bonds is 8. The van der Waals surface area contributed by atoms with Crippen LogP contribution in [-0.2, 0) is 14.3 Å². The van der Waals surface area contributed by atoms with Crippen molar-refractivity contribution in [2.24, 2.45) is 0 Å². The van der Waals surface area contributed by atoms with Crippen LogP contribution in [0.4, 0.5) is 5.95 Å². The van der Waals surface area contributed by atoms with E-state index in [9.17, 15) is 9.59 Å². The number of piperazine rings is 1. The molecule has 35 heavy (non-hydrogen) atoms. The minimum Gasteiger partial charge on any atom is -0.380 e. The maximum absolute atomic E-state index is 12.7. The lowest BCUT2D eigenvalue weighted by molar-refractivity contribution is -0.132. The van der Waals surface area contributed by atoms with Crippen LogP contribution in [0.1, 0.15) is 36.6 Å². The van der Waals surface area contributed by atoms with E-state index >= 15 is 0 Å². The van der Waals surface area contributed by atoms with Gasteiger partial charge in [-0.1, -0.05) is 0 Å². The first-order valence-electron chi connectivity index (χ1n) is 11.9. The zero-order chi connectivity index (χ0) is 24.4. The highest BCUT2D eigenvalue weighted by atomic mass is 16.5. The number of H-pyrrole nitrogens is 1. The number of nitrogens with zero attached hydrogens (tertiary/aromatic N) is 7. The van der Waals surface area contributed by atoms with Gasteiger partial charge in [-0.2, -0.15) is 10.2 Å². The Bertz CT molecular complexity index is 1230. The third-order valence-corrected chi connectivity index (χ3v) is 6.62. The molecule has 1 amide bonds. The van der Waals surface area contributed by atoms with Gasteiger partial charge < -0.3 is 19.3 Å². The minimum absolute atomic E-state index is 0.0784. The Balaban J connectivity index is 1.05. The van der Waals surface area contributed by atoms with E-state index in [4.69, 9.17) is 9.47 Å². The van der Waals surface area contributed by atoms with Crippen LogP contribution in [0.5, 0.6) is 0 Å². The van der Waals surface area contributed by atoms with Gasteiger partial charge in [0.2, 0.25) is 11.9 Å². The number of nitrogens with one attached hydrogen (secondary N) is 1. The van der Waals surface area contributed by atoms with Crippen molar-refractivity contribution in [3.63, 3.8) is 0 Å². The van der Waals surface area contributed by atoms with E-state index in [0.29, 0.717) is 74.3 Å². The largest absolute Gasteiger partial charge is 0.380 e. The van der Waals surface area contributed by atoms with Crippen LogP contribution in [0, 0.1) is 6.92 Å². The Morgan fingerprint density at radius 1 is 1.20 bits per heavy atom. The van der Waals surface area contributed by atoms with Crippen molar-refractivity contribution in [2.75, 3.05) is 57.5 Å². The lowest BCUT2D eigenvalue weighted by Crippen LogP contribution is -2.49. The Hall–Kier alpha value is -3.38. The fourth-order valence-corrected chi connectivity index (χ4v) is 4.45. The first kappa shape index (κ1) is 23.4. The molecule has 3 aromatic heterocycles. The van der Waals surface area contributed by atoms with Gasteiger partial charge >= 0.3 is 0 Å². The number of aromatic nitrogens is 6. The number of hydrogen-bond donors (Lipinski definition) is 1. The highest BCUT2D eigenvalue weighted by molar-refractivity contribution is 5.79. The summed E-state index contributed by atoms with van der Waals surface area (Å²) in [6.45, 7) is 8.63. The number of carbonyl (C=O) groups excluding carboxylic acids is 1. The molecule has 1 atom stereocenters. The Morgan fingerprint density at radius 3 is 2.63 bits per heavy atom. The first-order valence-corrected chi connectivity index (χ1v) is 11.9. The summed E-state index contributed by atoms with van der Waals surface area (Å²) in [5.41, 5.74) is 2.19. The normalized spacial score (nSPS) is 17.5. The van der Waals surface area contributed by atoms with E-state index in [1.807, 2.05) is 24.2 Å². The number of anilines is 1. The highest BCUT2D eigenvalue weighted by Gasteiger charge is 2.24. The molecular formula is C23H30N8O4. The molecule has 0 aliphatic carbocycles. The molecule has 5 rings (SSSR count). The van der Waals surface area contributed by atoms with Gasteiger partial charge in [-0.25, -0.2) is 15.1 Å². The van der Waals surface area contributed by atoms with Crippen LogP contribution >= 0.6 is 0 Å². The summed E-state index contributed by atoms with van der Waals surface area (Å²) < 4.78 is 12.8. The standard InChI is InChI=1S/C23H30N8O4/c1-15(31-19-11-26-27-22(33)21(19)16(2)28-31)12-34-8-3-20(32)29-4-6-30(7-5-29)23-24-9-17(10-25-23)18-13-35-14-18/h9-11,15,18H,3-8,12-14H2,1-2H3,(H,27,33). The summed E-state index contributed by atoms with van der Waals surface area (Å²) in [7, 11) is 0. The van der Waals surface area contributed by atoms with Crippen LogP contribution in [0.2, 0.25) is 0 Å². The quantitative estimate of drug-likeness (QED) is 0.460. The van der Waals surface area contributed by atoms with E-state index in [-0.39, 0.29) is 17.5 Å². The topological polar surface area (TPSA) is 131 Å². The first-order chi connectivity index (χ1) is 17.0. The summed E-state index contributed by atoms with van der Waals surface area (Å²) in [5.74, 6) is 1.19. The third-order valence-electron chi connectivity index (χ3n) is 6.62. The van der Waals surface area contributed by atoms with Gasteiger partial charge in [0.15, 0.2) is 0 Å². The van der Waals surface area contributed by atoms with E-state index in [1.54, 1.807) is 17.8 Å². The highest BCUT2D eigenvalue weighted by Crippen LogP contribution is 2.23. The molecular weight excluding hydrogens is 452 g/mol. The second kappa shape index (κ2) is 10.1. The molecule has 0 aromatic carbocycles. The van der Waals surface area contributed by atoms with E-state index in [0.717, 1.165) is 18.8 Å². The molecule has 0 bridgehead atoms. The molecule has 0 spiro atoms. The molecule has 12 nitrogen and oxygen atoms in total. The lowest BCUT2D eigenvalue weighted by Gasteiger charge is -2.35. The predicted molar refractivity (Wildman–Crippen MR) is 127 cm³/mol. The second-order valence-corrected chi connectivity index (χ2v) is 9.08. The molecule has 1 N–H and O–H groups in total. The van der Waals surface area contributed by atoms with E-state index in [2.05, 4.69) is 30.2 Å². The van der Waals surface area contributed by atoms with Crippen molar-refractivity contribution in [3.05, 3.63) is 40.2 Å². The molecule has 12 heteroatoms. The molecule has 186 valence electrons. The number of amides is 1. The lowest BCUT2D eigenvalue weighted by atomic mass is 10.0. The van der Waals surface area contributed by atoms with Gasteiger partial charge in [-0.3, -0.25) is 14.3 Å². The van der Waals surface area contributed by atoms with Crippen molar-refractivity contribution < 1.29 is 14.3 Å². The maximum atomic E-state index is 12.7. The number of hydrogen-bond acceptors (Lipinski definition) is 9. The zero-order valence-corrected chi connectivity index (χ0v) is 20.0. The molecule has 3 aromatic rings. The van der Waals surface area contributed by atoms with Crippen molar-refractivity contribution >= 4 is 22.8 Å². The molecule has 0 saturated carbocycles. The van der Waals surface area contributed by atoms with Crippen molar-refractivity contribution in [2.45, 2.75) is 32.2 Å². The van der Waals surface area contributed by atoms with E-state index < -0.39 is 0 Å². The van der Waals surface area contributed by atoms with Crippen molar-refractivity contribution in [1.29, 1.82) is 0 Å². The van der Waals surface area contributed by atoms with Gasteiger partial charge in [0.05, 0.1) is 61.7 Å². The molecule has 2 saturated heterocycles. The molecule has 2 aliphatic rings. The van der Waals surface area contributed by atoms with Gasteiger partial charge in [0.25, 0.3) is 5.56 Å². The third kappa shape index (κ3) is 4.89. The monoisotopic (exact) mass is 482 g/mol. The summed E-state index contributed by atoms with van der Waals surface area (Å²) in [4.78, 5) is 37.7. The van der Waals surface area contributed by atoms with E-state index in [1.165, 1.54) is 0 Å². The average Bonchev–Trinajstić information content (AvgIpc) is 3.19. The fraction of sp³-hybridized carbons (Fsp3) is 0.565. The maximum Gasteiger partial charge on any atom is 0.275 e. The number of aryl methyl sites for hydroxylation is 1. The summed E-state index contributed by atoms with van der Waals surface area (Å²) in [6.07, 6.45) is 5.68. The Morgan fingerprint density at radius 2 is 1.94 bits per heavy atom.